The average molecular weight is 405 g/mol. The van der Waals surface area contributed by atoms with Crippen LogP contribution in [-0.2, 0) is 19.4 Å². The lowest BCUT2D eigenvalue weighted by atomic mass is 9.97. The van der Waals surface area contributed by atoms with Gasteiger partial charge in [-0.2, -0.15) is 0 Å². The summed E-state index contributed by atoms with van der Waals surface area (Å²) >= 11 is 11.9. The van der Waals surface area contributed by atoms with Crippen LogP contribution in [0.1, 0.15) is 34.2 Å². The van der Waals surface area contributed by atoms with Crippen LogP contribution in [0.25, 0.3) is 0 Å². The molecule has 0 saturated heterocycles. The van der Waals surface area contributed by atoms with Gasteiger partial charge in [0.05, 0.1) is 5.02 Å². The highest BCUT2D eigenvalue weighted by molar-refractivity contribution is 7.80. The number of hydrogen-bond donors (Lipinski definition) is 3. The Morgan fingerprint density at radius 2 is 1.85 bits per heavy atom. The van der Waals surface area contributed by atoms with Gasteiger partial charge in [-0.05, 0) is 67.6 Å². The van der Waals surface area contributed by atoms with Crippen molar-refractivity contribution in [1.82, 2.24) is 10.2 Å². The van der Waals surface area contributed by atoms with Crippen LogP contribution in [0.4, 0.5) is 0 Å². The lowest BCUT2D eigenvalue weighted by Gasteiger charge is -2.25. The maximum atomic E-state index is 10.1. The van der Waals surface area contributed by atoms with Gasteiger partial charge >= 0.3 is 0 Å². The molecule has 4 nitrogen and oxygen atoms in total. The van der Waals surface area contributed by atoms with Crippen molar-refractivity contribution in [2.24, 2.45) is 0 Å². The Morgan fingerprint density at radius 1 is 1.15 bits per heavy atom. The van der Waals surface area contributed by atoms with Gasteiger partial charge in [-0.15, -0.1) is 0 Å². The molecule has 0 radical (unpaired) electrons. The van der Waals surface area contributed by atoms with Crippen molar-refractivity contribution in [3.63, 3.8) is 0 Å². The second-order valence-electron chi connectivity index (χ2n) is 7.09. The second kappa shape index (κ2) is 8.36. The van der Waals surface area contributed by atoms with Gasteiger partial charge in [-0.3, -0.25) is 0 Å². The second-order valence-corrected chi connectivity index (χ2v) is 7.85. The van der Waals surface area contributed by atoms with Gasteiger partial charge in [0.1, 0.15) is 0 Å². The SMILES string of the molecule is Cc1ccc(CCNC(=S)N2CCCc3c(C)c(O)c(O)c(Cl)c3C2)cc1. The van der Waals surface area contributed by atoms with Crippen LogP contribution in [0.15, 0.2) is 24.3 Å². The van der Waals surface area contributed by atoms with E-state index in [0.717, 1.165) is 43.5 Å². The van der Waals surface area contributed by atoms with Crippen LogP contribution >= 0.6 is 23.8 Å². The van der Waals surface area contributed by atoms with Crippen LogP contribution < -0.4 is 5.32 Å². The largest absolute Gasteiger partial charge is 0.504 e. The molecule has 1 aliphatic rings. The number of thiocarbonyl (C=S) groups is 1. The molecule has 144 valence electrons. The maximum Gasteiger partial charge on any atom is 0.177 e. The molecule has 1 aliphatic heterocycles. The van der Waals surface area contributed by atoms with Crippen LogP contribution in [-0.4, -0.2) is 33.3 Å². The standard InChI is InChI=1S/C21H25ClN2O2S/c1-13-5-7-15(8-6-13)9-10-23-21(27)24-11-3-4-16-14(2)19(25)20(26)18(22)17(16)12-24/h5-8,25-26H,3-4,9-12H2,1-2H3,(H,23,27). The van der Waals surface area contributed by atoms with E-state index in [9.17, 15) is 10.2 Å². The zero-order valence-corrected chi connectivity index (χ0v) is 17.3. The first-order valence-electron chi connectivity index (χ1n) is 9.18. The summed E-state index contributed by atoms with van der Waals surface area (Å²) in [5.74, 6) is -0.362. The maximum absolute atomic E-state index is 10.1. The third-order valence-corrected chi connectivity index (χ3v) is 5.98. The zero-order chi connectivity index (χ0) is 19.6. The number of nitrogens with zero attached hydrogens (tertiary/aromatic N) is 1. The first kappa shape index (κ1) is 19.8. The van der Waals surface area contributed by atoms with E-state index in [0.29, 0.717) is 17.2 Å². The molecule has 0 bridgehead atoms. The molecule has 3 N–H and O–H groups in total. The molecule has 0 aromatic heterocycles. The minimum absolute atomic E-state index is 0.119. The van der Waals surface area contributed by atoms with E-state index in [1.165, 1.54) is 11.1 Å². The Kier molecular flexibility index (Phi) is 6.12. The van der Waals surface area contributed by atoms with E-state index in [1.807, 2.05) is 6.92 Å². The van der Waals surface area contributed by atoms with E-state index < -0.39 is 0 Å². The van der Waals surface area contributed by atoms with Crippen molar-refractivity contribution in [2.45, 2.75) is 39.7 Å². The van der Waals surface area contributed by atoms with E-state index >= 15 is 0 Å². The quantitative estimate of drug-likeness (QED) is 0.528. The summed E-state index contributed by atoms with van der Waals surface area (Å²) in [7, 11) is 0. The summed E-state index contributed by atoms with van der Waals surface area (Å²) in [4.78, 5) is 2.08. The van der Waals surface area contributed by atoms with Gasteiger partial charge in [0.2, 0.25) is 0 Å². The predicted molar refractivity (Wildman–Crippen MR) is 114 cm³/mol. The first-order chi connectivity index (χ1) is 12.9. The molecule has 0 aliphatic carbocycles. The number of halogens is 1. The van der Waals surface area contributed by atoms with E-state index in [-0.39, 0.29) is 16.5 Å². The average Bonchev–Trinajstić information content (AvgIpc) is 2.89. The first-order valence-corrected chi connectivity index (χ1v) is 9.97. The van der Waals surface area contributed by atoms with Gasteiger partial charge in [-0.25, -0.2) is 0 Å². The Balaban J connectivity index is 1.67. The number of aryl methyl sites for hydroxylation is 1. The van der Waals surface area contributed by atoms with E-state index in [1.54, 1.807) is 0 Å². The Morgan fingerprint density at radius 3 is 2.56 bits per heavy atom. The molecule has 2 aromatic carbocycles. The Bertz CT molecular complexity index is 852. The minimum Gasteiger partial charge on any atom is -0.504 e. The Labute approximate surface area is 170 Å². The van der Waals surface area contributed by atoms with Crippen LogP contribution in [0.2, 0.25) is 5.02 Å². The van der Waals surface area contributed by atoms with Crippen molar-refractivity contribution >= 4 is 28.9 Å². The number of benzene rings is 2. The van der Waals surface area contributed by atoms with Gasteiger partial charge in [0.25, 0.3) is 0 Å². The van der Waals surface area contributed by atoms with E-state index in [4.69, 9.17) is 23.8 Å². The van der Waals surface area contributed by atoms with Crippen molar-refractivity contribution < 1.29 is 10.2 Å². The normalized spacial score (nSPS) is 13.8. The molecule has 2 aromatic rings. The number of rotatable bonds is 3. The third-order valence-electron chi connectivity index (χ3n) is 5.17. The van der Waals surface area contributed by atoms with Gasteiger partial charge in [0, 0.05) is 19.6 Å². The van der Waals surface area contributed by atoms with Crippen molar-refractivity contribution in [2.75, 3.05) is 13.1 Å². The molecule has 0 amide bonds. The van der Waals surface area contributed by atoms with Crippen LogP contribution in [0.5, 0.6) is 11.5 Å². The van der Waals surface area contributed by atoms with Gasteiger partial charge < -0.3 is 20.4 Å². The van der Waals surface area contributed by atoms with Gasteiger partial charge in [0.15, 0.2) is 16.6 Å². The topological polar surface area (TPSA) is 55.7 Å². The number of aromatic hydroxyl groups is 2. The summed E-state index contributed by atoms with van der Waals surface area (Å²) in [5, 5.41) is 24.4. The van der Waals surface area contributed by atoms with Crippen molar-refractivity contribution in [3.8, 4) is 11.5 Å². The summed E-state index contributed by atoms with van der Waals surface area (Å²) < 4.78 is 0. The van der Waals surface area contributed by atoms with Crippen molar-refractivity contribution in [1.29, 1.82) is 0 Å². The predicted octanol–water partition coefficient (Wildman–Crippen LogP) is 4.23. The minimum atomic E-state index is -0.243. The smallest absolute Gasteiger partial charge is 0.177 e. The number of nitrogens with one attached hydrogen (secondary N) is 1. The molecule has 0 atom stereocenters. The molecule has 3 rings (SSSR count). The molecule has 6 heteroatoms. The number of phenolic OH excluding ortho intramolecular Hbond substituents is 2. The molecule has 0 fully saturated rings. The highest BCUT2D eigenvalue weighted by Gasteiger charge is 2.25. The Hall–Kier alpha value is -1.98. The molecule has 1 heterocycles. The van der Waals surface area contributed by atoms with Crippen LogP contribution in [0, 0.1) is 13.8 Å². The fourth-order valence-corrected chi connectivity index (χ4v) is 4.02. The lowest BCUT2D eigenvalue weighted by molar-refractivity contribution is 0.395. The summed E-state index contributed by atoms with van der Waals surface area (Å²) in [6.07, 6.45) is 2.62. The number of phenols is 2. The monoisotopic (exact) mass is 404 g/mol. The number of fused-ring (bicyclic) bond motifs is 1. The summed E-state index contributed by atoms with van der Waals surface area (Å²) in [5.41, 5.74) is 5.10. The molecule has 0 saturated carbocycles. The fraction of sp³-hybridized carbons (Fsp3) is 0.381. The summed E-state index contributed by atoms with van der Waals surface area (Å²) in [6, 6.07) is 8.51. The van der Waals surface area contributed by atoms with Crippen molar-refractivity contribution in [3.05, 3.63) is 57.1 Å². The molecule has 27 heavy (non-hydrogen) atoms. The number of hydrogen-bond acceptors (Lipinski definition) is 3. The molecule has 0 spiro atoms. The van der Waals surface area contributed by atoms with Crippen LogP contribution in [0.3, 0.4) is 0 Å². The highest BCUT2D eigenvalue weighted by Crippen LogP contribution is 2.43. The zero-order valence-electron chi connectivity index (χ0n) is 15.7. The van der Waals surface area contributed by atoms with Gasteiger partial charge in [-0.1, -0.05) is 41.4 Å². The lowest BCUT2D eigenvalue weighted by Crippen LogP contribution is -2.40. The summed E-state index contributed by atoms with van der Waals surface area (Å²) in [6.45, 7) is 6.00. The highest BCUT2D eigenvalue weighted by atomic mass is 35.5. The third kappa shape index (κ3) is 4.30. The molecular formula is C21H25ClN2O2S. The molecular weight excluding hydrogens is 380 g/mol. The molecule has 0 unspecified atom stereocenters. The fourth-order valence-electron chi connectivity index (χ4n) is 3.50. The van der Waals surface area contributed by atoms with E-state index in [2.05, 4.69) is 41.4 Å².